The third kappa shape index (κ3) is 3.96. The number of carbonyl (C=O) groups is 2. The summed E-state index contributed by atoms with van der Waals surface area (Å²) in [7, 11) is 0. The van der Waals surface area contributed by atoms with E-state index in [2.05, 4.69) is 19.0 Å². The van der Waals surface area contributed by atoms with Crippen molar-refractivity contribution in [2.75, 3.05) is 38.0 Å². The first-order valence-electron chi connectivity index (χ1n) is 8.78. The highest BCUT2D eigenvalue weighted by Crippen LogP contribution is 2.21. The van der Waals surface area contributed by atoms with Crippen LogP contribution in [0.3, 0.4) is 0 Å². The molecule has 4 rings (SSSR count). The second kappa shape index (κ2) is 7.81. The largest absolute Gasteiger partial charge is 0.336 e. The van der Waals surface area contributed by atoms with Gasteiger partial charge in [-0.25, -0.2) is 0 Å². The Hall–Kier alpha value is -2.84. The summed E-state index contributed by atoms with van der Waals surface area (Å²) in [5, 5.41) is 2.92. The van der Waals surface area contributed by atoms with Crippen molar-refractivity contribution in [1.29, 1.82) is 0 Å². The second-order valence-electron chi connectivity index (χ2n) is 6.42. The Morgan fingerprint density at radius 3 is 2.52 bits per heavy atom. The number of carbonyl (C=O) groups excluding carboxylic acids is 2. The molecule has 2 amide bonds. The highest BCUT2D eigenvalue weighted by molar-refractivity contribution is 7.00. The molecule has 27 heavy (non-hydrogen) atoms. The highest BCUT2D eigenvalue weighted by Gasteiger charge is 2.23. The zero-order chi connectivity index (χ0) is 18.6. The molecule has 0 radical (unpaired) electrons. The van der Waals surface area contributed by atoms with E-state index in [9.17, 15) is 9.59 Å². The van der Waals surface area contributed by atoms with Crippen molar-refractivity contribution in [3.8, 4) is 0 Å². The zero-order valence-electron chi connectivity index (χ0n) is 14.7. The number of anilines is 1. The molecule has 0 atom stereocenters. The molecule has 1 fully saturated rings. The number of nitrogens with one attached hydrogen (secondary N) is 1. The predicted molar refractivity (Wildman–Crippen MR) is 105 cm³/mol. The lowest BCUT2D eigenvalue weighted by atomic mass is 10.2. The number of amides is 2. The van der Waals surface area contributed by atoms with Crippen molar-refractivity contribution in [2.24, 2.45) is 0 Å². The third-order valence-electron chi connectivity index (χ3n) is 4.61. The van der Waals surface area contributed by atoms with Gasteiger partial charge in [0.25, 0.3) is 5.91 Å². The van der Waals surface area contributed by atoms with Crippen molar-refractivity contribution in [1.82, 2.24) is 18.5 Å². The minimum absolute atomic E-state index is 0.0439. The number of nitrogens with zero attached hydrogens (tertiary/aromatic N) is 4. The molecule has 2 heterocycles. The monoisotopic (exact) mass is 381 g/mol. The van der Waals surface area contributed by atoms with E-state index in [0.29, 0.717) is 49.5 Å². The number of benzene rings is 2. The SMILES string of the molecule is O=C(CN1CCN(C(=O)c2ccccc2)CC1)Nc1cccc2nsnc12. The summed E-state index contributed by atoms with van der Waals surface area (Å²) in [5.41, 5.74) is 2.89. The van der Waals surface area contributed by atoms with E-state index >= 15 is 0 Å². The summed E-state index contributed by atoms with van der Waals surface area (Å²) in [5.74, 6) is -0.0410. The van der Waals surface area contributed by atoms with Gasteiger partial charge in [0.2, 0.25) is 5.91 Å². The Kier molecular flexibility index (Phi) is 5.08. The van der Waals surface area contributed by atoms with Gasteiger partial charge in [-0.3, -0.25) is 14.5 Å². The number of hydrogen-bond acceptors (Lipinski definition) is 6. The van der Waals surface area contributed by atoms with Crippen LogP contribution in [0.4, 0.5) is 5.69 Å². The van der Waals surface area contributed by atoms with Gasteiger partial charge >= 0.3 is 0 Å². The summed E-state index contributed by atoms with van der Waals surface area (Å²) in [6.07, 6.45) is 0. The molecule has 0 saturated carbocycles. The van der Waals surface area contributed by atoms with Crippen molar-refractivity contribution in [3.63, 3.8) is 0 Å². The second-order valence-corrected chi connectivity index (χ2v) is 6.95. The Bertz CT molecular complexity index is 951. The van der Waals surface area contributed by atoms with E-state index in [1.54, 1.807) is 0 Å². The van der Waals surface area contributed by atoms with Crippen LogP contribution in [0.1, 0.15) is 10.4 Å². The first-order chi connectivity index (χ1) is 13.2. The summed E-state index contributed by atoms with van der Waals surface area (Å²) in [6.45, 7) is 2.88. The number of rotatable bonds is 4. The van der Waals surface area contributed by atoms with Gasteiger partial charge in [-0.1, -0.05) is 24.3 Å². The van der Waals surface area contributed by atoms with E-state index in [-0.39, 0.29) is 11.8 Å². The van der Waals surface area contributed by atoms with E-state index < -0.39 is 0 Å². The fraction of sp³-hybridized carbons (Fsp3) is 0.263. The first-order valence-corrected chi connectivity index (χ1v) is 9.51. The number of piperazine rings is 1. The van der Waals surface area contributed by atoms with Gasteiger partial charge in [0, 0.05) is 31.7 Å². The molecule has 1 aliphatic heterocycles. The van der Waals surface area contributed by atoms with Crippen LogP contribution >= 0.6 is 11.7 Å². The van der Waals surface area contributed by atoms with Crippen LogP contribution in [0, 0.1) is 0 Å². The van der Waals surface area contributed by atoms with Crippen LogP contribution in [0.5, 0.6) is 0 Å². The minimum atomic E-state index is -0.0849. The van der Waals surface area contributed by atoms with Gasteiger partial charge in [0.1, 0.15) is 11.0 Å². The molecule has 8 heteroatoms. The first kappa shape index (κ1) is 17.6. The molecule has 1 aromatic heterocycles. The van der Waals surface area contributed by atoms with Gasteiger partial charge in [0.05, 0.1) is 24.0 Å². The van der Waals surface area contributed by atoms with E-state index in [0.717, 1.165) is 17.2 Å². The zero-order valence-corrected chi connectivity index (χ0v) is 15.5. The molecule has 0 aliphatic carbocycles. The van der Waals surface area contributed by atoms with Crippen molar-refractivity contribution in [3.05, 3.63) is 54.1 Å². The van der Waals surface area contributed by atoms with Gasteiger partial charge in [-0.15, -0.1) is 0 Å². The number of hydrogen-bond donors (Lipinski definition) is 1. The lowest BCUT2D eigenvalue weighted by Crippen LogP contribution is -2.50. The Morgan fingerprint density at radius 2 is 1.74 bits per heavy atom. The van der Waals surface area contributed by atoms with Crippen molar-refractivity contribution in [2.45, 2.75) is 0 Å². The van der Waals surface area contributed by atoms with Gasteiger partial charge in [0.15, 0.2) is 0 Å². The Morgan fingerprint density at radius 1 is 0.963 bits per heavy atom. The molecule has 1 aliphatic rings. The van der Waals surface area contributed by atoms with Crippen molar-refractivity contribution < 1.29 is 9.59 Å². The fourth-order valence-electron chi connectivity index (χ4n) is 3.17. The molecular formula is C19H19N5O2S. The van der Waals surface area contributed by atoms with Crippen molar-refractivity contribution >= 4 is 40.3 Å². The third-order valence-corrected chi connectivity index (χ3v) is 5.15. The Labute approximate surface area is 160 Å². The summed E-state index contributed by atoms with van der Waals surface area (Å²) in [4.78, 5) is 28.8. The molecule has 0 unspecified atom stereocenters. The average Bonchev–Trinajstić information content (AvgIpc) is 3.19. The van der Waals surface area contributed by atoms with Crippen LogP contribution < -0.4 is 5.32 Å². The maximum Gasteiger partial charge on any atom is 0.253 e. The predicted octanol–water partition coefficient (Wildman–Crippen LogP) is 2.09. The van der Waals surface area contributed by atoms with Crippen LogP contribution in [0.2, 0.25) is 0 Å². The molecule has 2 aromatic carbocycles. The van der Waals surface area contributed by atoms with Gasteiger partial charge in [-0.2, -0.15) is 8.75 Å². The van der Waals surface area contributed by atoms with E-state index in [1.165, 1.54) is 0 Å². The molecule has 3 aromatic rings. The van der Waals surface area contributed by atoms with Crippen LogP contribution in [-0.2, 0) is 4.79 Å². The minimum Gasteiger partial charge on any atom is -0.336 e. The summed E-state index contributed by atoms with van der Waals surface area (Å²) < 4.78 is 8.42. The number of aromatic nitrogens is 2. The molecule has 0 bridgehead atoms. The summed E-state index contributed by atoms with van der Waals surface area (Å²) in [6, 6.07) is 14.9. The lowest BCUT2D eigenvalue weighted by Gasteiger charge is -2.34. The fourth-order valence-corrected chi connectivity index (χ4v) is 3.72. The van der Waals surface area contributed by atoms with E-state index in [1.807, 2.05) is 53.4 Å². The average molecular weight is 381 g/mol. The molecular weight excluding hydrogens is 362 g/mol. The number of fused-ring (bicyclic) bond motifs is 1. The Balaban J connectivity index is 1.31. The van der Waals surface area contributed by atoms with Gasteiger partial charge in [-0.05, 0) is 24.3 Å². The van der Waals surface area contributed by atoms with Gasteiger partial charge < -0.3 is 10.2 Å². The normalized spacial score (nSPS) is 15.0. The molecule has 7 nitrogen and oxygen atoms in total. The molecule has 1 saturated heterocycles. The smallest absolute Gasteiger partial charge is 0.253 e. The standard InChI is InChI=1S/C19H19N5O2S/c25-17(20-15-7-4-8-16-18(15)22-27-21-16)13-23-9-11-24(12-10-23)19(26)14-5-2-1-3-6-14/h1-8H,9-13H2,(H,20,25). The van der Waals surface area contributed by atoms with Crippen LogP contribution in [0.25, 0.3) is 11.0 Å². The maximum atomic E-state index is 12.5. The molecule has 138 valence electrons. The van der Waals surface area contributed by atoms with E-state index in [4.69, 9.17) is 0 Å². The maximum absolute atomic E-state index is 12.5. The van der Waals surface area contributed by atoms with Crippen LogP contribution in [0.15, 0.2) is 48.5 Å². The molecule has 1 N–H and O–H groups in total. The highest BCUT2D eigenvalue weighted by atomic mass is 32.1. The quantitative estimate of drug-likeness (QED) is 0.749. The summed E-state index contributed by atoms with van der Waals surface area (Å²) >= 11 is 1.13. The van der Waals surface area contributed by atoms with Crippen LogP contribution in [-0.4, -0.2) is 63.1 Å². The lowest BCUT2D eigenvalue weighted by molar-refractivity contribution is -0.117. The topological polar surface area (TPSA) is 78.4 Å². The molecule has 0 spiro atoms.